The second-order valence-corrected chi connectivity index (χ2v) is 17.7. The first kappa shape index (κ1) is 59.5. The molecule has 0 aromatic carbocycles. The van der Waals surface area contributed by atoms with Gasteiger partial charge in [0.25, 0.3) is 0 Å². The zero-order valence-corrected chi connectivity index (χ0v) is 41.0. The second kappa shape index (κ2) is 45.1. The Balaban J connectivity index is 4.35. The summed E-state index contributed by atoms with van der Waals surface area (Å²) in [6.07, 6.45) is 58.9. The predicted octanol–water partition coefficient (Wildman–Crippen LogP) is 13.1. The quantitative estimate of drug-likeness (QED) is 0.0260. The number of nitrogens with zero attached hydrogens (tertiary/aromatic N) is 1. The molecule has 0 aliphatic carbocycles. The Bertz CT molecular complexity index is 1300. The lowest BCUT2D eigenvalue weighted by Crippen LogP contribution is -2.55. The van der Waals surface area contributed by atoms with E-state index < -0.39 is 18.1 Å². The Labute approximate surface area is 386 Å². The number of unbranched alkanes of at least 4 members (excludes halogenated alkanes) is 16. The third kappa shape index (κ3) is 43.5. The first-order valence-electron chi connectivity index (χ1n) is 25.1. The van der Waals surface area contributed by atoms with E-state index in [4.69, 9.17) is 14.2 Å². The molecule has 0 saturated carbocycles. The number of hydrogen-bond donors (Lipinski definition) is 0. The summed E-state index contributed by atoms with van der Waals surface area (Å²) in [6.45, 7) is 4.51. The predicted molar refractivity (Wildman–Crippen MR) is 263 cm³/mol. The Hall–Kier alpha value is -3.49. The van der Waals surface area contributed by atoms with Gasteiger partial charge in [-0.1, -0.05) is 170 Å². The van der Waals surface area contributed by atoms with Gasteiger partial charge in [-0.15, -0.1) is 0 Å². The molecule has 0 amide bonds. The Morgan fingerprint density at radius 1 is 0.492 bits per heavy atom. The van der Waals surface area contributed by atoms with Crippen LogP contribution in [0.15, 0.2) is 85.1 Å². The van der Waals surface area contributed by atoms with Gasteiger partial charge in [0.2, 0.25) is 0 Å². The number of quaternary nitrogens is 1. The highest BCUT2D eigenvalue weighted by molar-refractivity contribution is 5.70. The van der Waals surface area contributed by atoms with E-state index in [9.17, 15) is 19.5 Å². The van der Waals surface area contributed by atoms with Crippen LogP contribution in [0.2, 0.25) is 0 Å². The van der Waals surface area contributed by atoms with E-state index in [-0.39, 0.29) is 49.1 Å². The van der Waals surface area contributed by atoms with Crippen LogP contribution in [-0.2, 0) is 28.6 Å². The highest BCUT2D eigenvalue weighted by Gasteiger charge is 2.25. The molecule has 0 N–H and O–H groups in total. The Morgan fingerprint density at radius 3 is 1.33 bits per heavy atom. The highest BCUT2D eigenvalue weighted by Crippen LogP contribution is 2.13. The molecule has 0 bridgehead atoms. The van der Waals surface area contributed by atoms with Crippen molar-refractivity contribution in [3.63, 3.8) is 0 Å². The topological polar surface area (TPSA) is 102 Å². The van der Waals surface area contributed by atoms with Gasteiger partial charge in [0.05, 0.1) is 40.3 Å². The number of carbonyl (C=O) groups is 3. The van der Waals surface area contributed by atoms with Gasteiger partial charge in [0.15, 0.2) is 6.10 Å². The zero-order valence-electron chi connectivity index (χ0n) is 41.0. The number of hydrogen-bond acceptors (Lipinski definition) is 7. The molecular formula is C55H93NO7. The van der Waals surface area contributed by atoms with Crippen molar-refractivity contribution >= 4 is 17.9 Å². The number of allylic oxidation sites excluding steroid dienone is 14. The number of ether oxygens (including phenoxy) is 3. The fourth-order valence-electron chi connectivity index (χ4n) is 6.89. The maximum absolute atomic E-state index is 12.8. The van der Waals surface area contributed by atoms with E-state index in [0.717, 1.165) is 103 Å². The number of likely N-dealkylation sites (N-methyl/N-ethyl adjacent to an activating group) is 1. The normalized spacial score (nSPS) is 13.6. The molecule has 0 rings (SSSR count). The van der Waals surface area contributed by atoms with Gasteiger partial charge in [0, 0.05) is 19.3 Å². The lowest BCUT2D eigenvalue weighted by atomic mass is 10.1. The van der Waals surface area contributed by atoms with E-state index in [1.165, 1.54) is 57.8 Å². The van der Waals surface area contributed by atoms with Crippen LogP contribution >= 0.6 is 0 Å². The van der Waals surface area contributed by atoms with Crippen molar-refractivity contribution in [1.82, 2.24) is 0 Å². The van der Waals surface area contributed by atoms with Crippen molar-refractivity contribution in [3.05, 3.63) is 85.1 Å². The molecule has 360 valence electrons. The fourth-order valence-corrected chi connectivity index (χ4v) is 6.89. The average molecular weight is 880 g/mol. The molecule has 8 heteroatoms. The summed E-state index contributed by atoms with van der Waals surface area (Å²) in [5, 5.41) is 11.7. The van der Waals surface area contributed by atoms with Crippen LogP contribution < -0.4 is 5.11 Å². The standard InChI is InChI=1S/C55H93NO7/c1-6-8-10-12-14-16-18-20-22-24-25-26-27-28-29-30-32-34-36-38-40-42-44-46-54(58)63-51(49-61-48-47-52(55(59)60)56(3,4)5)50-62-53(57)45-43-41-39-37-35-33-31-23-21-19-17-15-13-11-9-7-2/h8,10,14,16,20,22-23,25-26,28-29,31-32,34,51-52H,6-7,9,11-13,15,17-19,21,24,27,30,33,35-50H2,1-5H3/b10-8+,16-14+,22-20+,26-25+,29-28+,31-23+,34-32+. The third-order valence-electron chi connectivity index (χ3n) is 10.8. The van der Waals surface area contributed by atoms with Gasteiger partial charge >= 0.3 is 11.9 Å². The van der Waals surface area contributed by atoms with Crippen LogP contribution in [0.5, 0.6) is 0 Å². The van der Waals surface area contributed by atoms with Gasteiger partial charge in [-0.05, 0) is 89.9 Å². The van der Waals surface area contributed by atoms with Crippen LogP contribution in [0.1, 0.15) is 194 Å². The number of rotatable bonds is 44. The minimum atomic E-state index is -1.13. The first-order valence-corrected chi connectivity index (χ1v) is 25.1. The van der Waals surface area contributed by atoms with Gasteiger partial charge in [-0.2, -0.15) is 0 Å². The molecule has 0 heterocycles. The van der Waals surface area contributed by atoms with E-state index in [1.54, 1.807) is 21.1 Å². The van der Waals surface area contributed by atoms with Crippen LogP contribution in [-0.4, -0.2) is 75.5 Å². The molecule has 2 unspecified atom stereocenters. The molecule has 63 heavy (non-hydrogen) atoms. The summed E-state index contributed by atoms with van der Waals surface area (Å²) < 4.78 is 17.2. The van der Waals surface area contributed by atoms with Crippen molar-refractivity contribution < 1.29 is 38.2 Å². The average Bonchev–Trinajstić information content (AvgIpc) is 3.24. The molecule has 0 spiro atoms. The Kier molecular flexibility index (Phi) is 42.6. The van der Waals surface area contributed by atoms with Crippen LogP contribution in [0, 0.1) is 0 Å². The van der Waals surface area contributed by atoms with E-state index in [2.05, 4.69) is 98.9 Å². The molecule has 0 aliphatic heterocycles. The minimum Gasteiger partial charge on any atom is -0.544 e. The number of carboxylic acid groups (broad SMARTS) is 1. The summed E-state index contributed by atoms with van der Waals surface area (Å²) in [7, 11) is 5.39. The molecule has 0 aromatic rings. The van der Waals surface area contributed by atoms with Crippen molar-refractivity contribution in [1.29, 1.82) is 0 Å². The summed E-state index contributed by atoms with van der Waals surface area (Å²) in [5.41, 5.74) is 0. The summed E-state index contributed by atoms with van der Waals surface area (Å²) in [6, 6.07) is -0.737. The number of carboxylic acids is 1. The van der Waals surface area contributed by atoms with Crippen molar-refractivity contribution in [3.8, 4) is 0 Å². The molecule has 8 nitrogen and oxygen atoms in total. The van der Waals surface area contributed by atoms with Crippen molar-refractivity contribution in [2.24, 2.45) is 0 Å². The number of aliphatic carboxylic acids is 1. The summed E-state index contributed by atoms with van der Waals surface area (Å²) >= 11 is 0. The lowest BCUT2D eigenvalue weighted by molar-refractivity contribution is -0.889. The molecule has 0 aliphatic rings. The maximum Gasteiger partial charge on any atom is 0.306 e. The molecule has 0 radical (unpaired) electrons. The molecule has 0 aromatic heterocycles. The smallest absolute Gasteiger partial charge is 0.306 e. The van der Waals surface area contributed by atoms with Gasteiger partial charge in [-0.3, -0.25) is 9.59 Å². The molecule has 2 atom stereocenters. The Morgan fingerprint density at radius 2 is 0.889 bits per heavy atom. The second-order valence-electron chi connectivity index (χ2n) is 17.7. The van der Waals surface area contributed by atoms with Gasteiger partial charge < -0.3 is 28.6 Å². The van der Waals surface area contributed by atoms with Crippen LogP contribution in [0.3, 0.4) is 0 Å². The van der Waals surface area contributed by atoms with Crippen molar-refractivity contribution in [2.75, 3.05) is 41.0 Å². The summed E-state index contributed by atoms with van der Waals surface area (Å²) in [4.78, 5) is 37.0. The third-order valence-corrected chi connectivity index (χ3v) is 10.8. The van der Waals surface area contributed by atoms with Gasteiger partial charge in [-0.25, -0.2) is 0 Å². The van der Waals surface area contributed by atoms with Gasteiger partial charge in [0.1, 0.15) is 12.6 Å². The molecule has 0 fully saturated rings. The molecular weight excluding hydrogens is 787 g/mol. The lowest BCUT2D eigenvalue weighted by Gasteiger charge is -2.34. The number of carbonyl (C=O) groups excluding carboxylic acids is 3. The minimum absolute atomic E-state index is 0.0232. The monoisotopic (exact) mass is 880 g/mol. The number of esters is 2. The zero-order chi connectivity index (χ0) is 46.3. The first-order chi connectivity index (χ1) is 30.6. The fraction of sp³-hybridized carbons (Fsp3) is 0.691. The van der Waals surface area contributed by atoms with Crippen molar-refractivity contribution in [2.45, 2.75) is 206 Å². The van der Waals surface area contributed by atoms with Crippen LogP contribution in [0.4, 0.5) is 0 Å². The highest BCUT2D eigenvalue weighted by atomic mass is 16.6. The SMILES string of the molecule is CC/C=C/C/C=C/C/C=C/C/C=C/C/C=C/C/C=C/CCCCCCC(=O)OC(COCCC(C(=O)[O-])[N+](C)(C)C)COC(=O)CCCCCCC/C=C/CCCCCCCCC. The van der Waals surface area contributed by atoms with E-state index >= 15 is 0 Å². The molecule has 0 saturated heterocycles. The maximum atomic E-state index is 12.8. The van der Waals surface area contributed by atoms with E-state index in [0.29, 0.717) is 6.42 Å². The summed E-state index contributed by atoms with van der Waals surface area (Å²) in [5.74, 6) is -1.78. The van der Waals surface area contributed by atoms with E-state index in [1.807, 2.05) is 0 Å². The largest absolute Gasteiger partial charge is 0.544 e. The van der Waals surface area contributed by atoms with Crippen LogP contribution in [0.25, 0.3) is 0 Å².